The van der Waals surface area contributed by atoms with Crippen LogP contribution in [0.3, 0.4) is 0 Å². The van der Waals surface area contributed by atoms with E-state index in [0.29, 0.717) is 24.0 Å². The Labute approximate surface area is 155 Å². The highest BCUT2D eigenvalue weighted by Gasteiger charge is 2.46. The Kier molecular flexibility index (Phi) is 4.97. The van der Waals surface area contributed by atoms with Crippen molar-refractivity contribution in [1.82, 2.24) is 14.6 Å². The van der Waals surface area contributed by atoms with Crippen molar-refractivity contribution < 1.29 is 26.4 Å². The molecule has 11 heteroatoms. The maximum Gasteiger partial charge on any atom is 0.511 e. The third kappa shape index (κ3) is 3.69. The van der Waals surface area contributed by atoms with Crippen LogP contribution in [0.15, 0.2) is 34.9 Å². The molecule has 1 saturated heterocycles. The van der Waals surface area contributed by atoms with Gasteiger partial charge in [-0.2, -0.15) is 13.2 Å². The molecule has 1 N–H and O–H groups in total. The molecule has 3 rings (SSSR count). The molecular formula is C15H13BrF3N3O3S. The summed E-state index contributed by atoms with van der Waals surface area (Å²) in [6.07, 6.45) is 1.81. The summed E-state index contributed by atoms with van der Waals surface area (Å²) in [6, 6.07) is 6.41. The second kappa shape index (κ2) is 6.78. The van der Waals surface area contributed by atoms with Gasteiger partial charge in [0.05, 0.1) is 11.1 Å². The number of hydrogen-bond donors (Lipinski definition) is 1. The fraction of sp³-hybridized carbons (Fsp3) is 0.333. The van der Waals surface area contributed by atoms with Crippen LogP contribution in [0.4, 0.5) is 13.2 Å². The monoisotopic (exact) mass is 451 g/mol. The number of carbonyl (C=O) groups is 1. The van der Waals surface area contributed by atoms with E-state index < -0.39 is 34.0 Å². The fourth-order valence-corrected chi connectivity index (χ4v) is 3.55. The largest absolute Gasteiger partial charge is 0.511 e. The van der Waals surface area contributed by atoms with Crippen LogP contribution in [0.2, 0.25) is 0 Å². The van der Waals surface area contributed by atoms with Gasteiger partial charge in [0.1, 0.15) is 0 Å². The van der Waals surface area contributed by atoms with E-state index in [9.17, 15) is 26.4 Å². The Morgan fingerprint density at radius 1 is 1.35 bits per heavy atom. The normalized spacial score (nSPS) is 18.0. The van der Waals surface area contributed by atoms with Crippen molar-refractivity contribution in [3.8, 4) is 0 Å². The average molecular weight is 452 g/mol. The first kappa shape index (κ1) is 19.1. The number of halogens is 4. The van der Waals surface area contributed by atoms with E-state index in [4.69, 9.17) is 0 Å². The van der Waals surface area contributed by atoms with E-state index in [1.165, 1.54) is 15.8 Å². The van der Waals surface area contributed by atoms with Gasteiger partial charge in [-0.1, -0.05) is 15.9 Å². The lowest BCUT2D eigenvalue weighted by Gasteiger charge is -2.41. The molecule has 2 aromatic rings. The number of nitrogens with zero attached hydrogens (tertiary/aromatic N) is 2. The summed E-state index contributed by atoms with van der Waals surface area (Å²) < 4.78 is 61.6. The van der Waals surface area contributed by atoms with Crippen LogP contribution < -0.4 is 4.72 Å². The summed E-state index contributed by atoms with van der Waals surface area (Å²) in [5.41, 5.74) is -4.39. The van der Waals surface area contributed by atoms with Crippen molar-refractivity contribution >= 4 is 42.8 Å². The number of carbonyl (C=O) groups excluding carboxylic acids is 1. The molecule has 1 aliphatic rings. The molecule has 1 fully saturated rings. The van der Waals surface area contributed by atoms with Gasteiger partial charge in [0.15, 0.2) is 0 Å². The summed E-state index contributed by atoms with van der Waals surface area (Å²) in [5, 5.41) is 0.736. The lowest BCUT2D eigenvalue weighted by atomic mass is 10.0. The Morgan fingerprint density at radius 3 is 2.69 bits per heavy atom. The first-order chi connectivity index (χ1) is 12.1. The highest BCUT2D eigenvalue weighted by molar-refractivity contribution is 9.10. The molecule has 6 nitrogen and oxygen atoms in total. The number of nitrogens with one attached hydrogen (secondary N) is 1. The standard InChI is InChI=1S/C15H13BrF3N3O3S/c16-11-1-2-13-9(6-11)5-10(7-20-13)14(23)22-4-3-12(22)8-21-26(24,25)15(17,18)19/h1-2,5-7,12,21H,3-4,8H2. The number of likely N-dealkylation sites (tertiary alicyclic amines) is 1. The van der Waals surface area contributed by atoms with E-state index in [2.05, 4.69) is 20.9 Å². The molecule has 0 spiro atoms. The number of benzene rings is 1. The zero-order chi connectivity index (χ0) is 19.1. The van der Waals surface area contributed by atoms with Gasteiger partial charge >= 0.3 is 15.5 Å². The van der Waals surface area contributed by atoms with E-state index in [0.717, 1.165) is 9.86 Å². The lowest BCUT2D eigenvalue weighted by Crippen LogP contribution is -2.56. The summed E-state index contributed by atoms with van der Waals surface area (Å²) in [7, 11) is -5.42. The van der Waals surface area contributed by atoms with E-state index in [1.807, 2.05) is 6.07 Å². The average Bonchev–Trinajstić information content (AvgIpc) is 2.51. The van der Waals surface area contributed by atoms with E-state index >= 15 is 0 Å². The number of aromatic nitrogens is 1. The summed E-state index contributed by atoms with van der Waals surface area (Å²) in [6.45, 7) is -0.145. The van der Waals surface area contributed by atoms with Gasteiger partial charge in [-0.3, -0.25) is 9.78 Å². The minimum atomic E-state index is -5.42. The highest BCUT2D eigenvalue weighted by atomic mass is 79.9. The number of rotatable bonds is 4. The number of alkyl halides is 3. The molecule has 0 bridgehead atoms. The minimum absolute atomic E-state index is 0.291. The maximum atomic E-state index is 12.6. The molecular weight excluding hydrogens is 439 g/mol. The quantitative estimate of drug-likeness (QED) is 0.774. The molecule has 2 heterocycles. The molecule has 1 amide bonds. The number of fused-ring (bicyclic) bond motifs is 1. The molecule has 26 heavy (non-hydrogen) atoms. The topological polar surface area (TPSA) is 79.4 Å². The molecule has 0 radical (unpaired) electrons. The highest BCUT2D eigenvalue weighted by Crippen LogP contribution is 2.25. The van der Waals surface area contributed by atoms with Gasteiger partial charge in [-0.05, 0) is 30.7 Å². The smallest absolute Gasteiger partial charge is 0.334 e. The number of pyridine rings is 1. The van der Waals surface area contributed by atoms with Crippen LogP contribution >= 0.6 is 15.9 Å². The predicted molar refractivity (Wildman–Crippen MR) is 91.9 cm³/mol. The van der Waals surface area contributed by atoms with E-state index in [1.54, 1.807) is 18.2 Å². The van der Waals surface area contributed by atoms with Crippen molar-refractivity contribution in [3.05, 3.63) is 40.5 Å². The SMILES string of the molecule is O=C(c1cnc2ccc(Br)cc2c1)N1CCC1CNS(=O)(=O)C(F)(F)F. The fourth-order valence-electron chi connectivity index (χ4n) is 2.59. The predicted octanol–water partition coefficient (Wildman–Crippen LogP) is 2.65. The second-order valence-electron chi connectivity index (χ2n) is 5.80. The molecule has 1 aliphatic heterocycles. The number of hydrogen-bond acceptors (Lipinski definition) is 4. The summed E-state index contributed by atoms with van der Waals surface area (Å²) >= 11 is 3.33. The molecule has 0 saturated carbocycles. The third-order valence-corrected chi connectivity index (χ3v) is 5.76. The lowest BCUT2D eigenvalue weighted by molar-refractivity contribution is -0.0450. The van der Waals surface area contributed by atoms with Crippen LogP contribution in [-0.2, 0) is 10.0 Å². The molecule has 140 valence electrons. The van der Waals surface area contributed by atoms with Gasteiger partial charge in [-0.25, -0.2) is 13.1 Å². The maximum absolute atomic E-state index is 12.6. The van der Waals surface area contributed by atoms with Crippen molar-refractivity contribution in [2.45, 2.75) is 18.0 Å². The minimum Gasteiger partial charge on any atom is -0.334 e. The molecule has 1 aromatic heterocycles. The second-order valence-corrected chi connectivity index (χ2v) is 8.47. The van der Waals surface area contributed by atoms with Crippen LogP contribution in [0.25, 0.3) is 10.9 Å². The summed E-state index contributed by atoms with van der Waals surface area (Å²) in [4.78, 5) is 18.1. The molecule has 0 aliphatic carbocycles. The first-order valence-corrected chi connectivity index (χ1v) is 9.78. The third-order valence-electron chi connectivity index (χ3n) is 4.11. The van der Waals surface area contributed by atoms with Crippen molar-refractivity contribution in [2.24, 2.45) is 0 Å². The van der Waals surface area contributed by atoms with Gasteiger partial charge in [0.25, 0.3) is 5.91 Å². The van der Waals surface area contributed by atoms with Crippen LogP contribution in [-0.4, -0.2) is 48.8 Å². The van der Waals surface area contributed by atoms with Crippen LogP contribution in [0.5, 0.6) is 0 Å². The first-order valence-electron chi connectivity index (χ1n) is 7.51. The molecule has 1 aromatic carbocycles. The summed E-state index contributed by atoms with van der Waals surface area (Å²) in [5.74, 6) is -0.401. The van der Waals surface area contributed by atoms with E-state index in [-0.39, 0.29) is 0 Å². The Bertz CT molecular complexity index is 965. The Morgan fingerprint density at radius 2 is 2.08 bits per heavy atom. The van der Waals surface area contributed by atoms with Crippen LogP contribution in [0, 0.1) is 0 Å². The zero-order valence-corrected chi connectivity index (χ0v) is 15.5. The van der Waals surface area contributed by atoms with Gasteiger partial charge < -0.3 is 4.90 Å². The van der Waals surface area contributed by atoms with Gasteiger partial charge in [0, 0.05) is 35.2 Å². The Hall–Kier alpha value is -1.72. The van der Waals surface area contributed by atoms with Crippen LogP contribution in [0.1, 0.15) is 16.8 Å². The number of amides is 1. The molecule has 1 atom stereocenters. The number of sulfonamides is 1. The zero-order valence-electron chi connectivity index (χ0n) is 13.1. The van der Waals surface area contributed by atoms with Gasteiger partial charge in [-0.15, -0.1) is 0 Å². The molecule has 1 unspecified atom stereocenters. The Balaban J connectivity index is 1.72. The van der Waals surface area contributed by atoms with Crippen molar-refractivity contribution in [1.29, 1.82) is 0 Å². The van der Waals surface area contributed by atoms with Crippen molar-refractivity contribution in [2.75, 3.05) is 13.1 Å². The van der Waals surface area contributed by atoms with Crippen molar-refractivity contribution in [3.63, 3.8) is 0 Å². The van der Waals surface area contributed by atoms with Gasteiger partial charge in [0.2, 0.25) is 0 Å².